The third-order valence-electron chi connectivity index (χ3n) is 4.37. The Balaban J connectivity index is 0.00000155. The molecule has 1 fully saturated rings. The standard InChI is InChI=1S/C18H16F4N2O3S.CH5N/c19-13-5-4-11(8-16(13)28(26,27)24-6-2-1-3-7-24)18(25)23-12-9-14(20)17(22)15(21)10-12;1-2/h4-5,8-10H,1-3,6-7H2,(H,23,25);2H2,1H3. The third kappa shape index (κ3) is 5.15. The molecule has 1 aliphatic heterocycles. The second kappa shape index (κ2) is 10.0. The number of nitrogens with one attached hydrogen (secondary N) is 1. The fraction of sp³-hybridized carbons (Fsp3) is 0.316. The Kier molecular flexibility index (Phi) is 7.93. The summed E-state index contributed by atoms with van der Waals surface area (Å²) in [5.41, 5.74) is 3.90. The van der Waals surface area contributed by atoms with Crippen LogP contribution in [-0.4, -0.2) is 38.8 Å². The minimum atomic E-state index is -4.13. The van der Waals surface area contributed by atoms with Crippen LogP contribution in [0.1, 0.15) is 29.6 Å². The van der Waals surface area contributed by atoms with Gasteiger partial charge in [-0.2, -0.15) is 4.31 Å². The minimum absolute atomic E-state index is 0.234. The van der Waals surface area contributed by atoms with Crippen molar-refractivity contribution in [1.82, 2.24) is 4.31 Å². The number of carbonyl (C=O) groups is 1. The molecule has 1 saturated heterocycles. The van der Waals surface area contributed by atoms with E-state index >= 15 is 0 Å². The lowest BCUT2D eigenvalue weighted by molar-refractivity contribution is 0.102. The van der Waals surface area contributed by atoms with Gasteiger partial charge in [0, 0.05) is 36.5 Å². The molecule has 2 aromatic rings. The van der Waals surface area contributed by atoms with Gasteiger partial charge in [0.15, 0.2) is 17.5 Å². The van der Waals surface area contributed by atoms with Crippen LogP contribution in [0.3, 0.4) is 0 Å². The number of amides is 1. The minimum Gasteiger partial charge on any atom is -0.333 e. The predicted molar refractivity (Wildman–Crippen MR) is 103 cm³/mol. The lowest BCUT2D eigenvalue weighted by Gasteiger charge is -2.26. The molecule has 1 heterocycles. The van der Waals surface area contributed by atoms with E-state index in [9.17, 15) is 30.8 Å². The van der Waals surface area contributed by atoms with Gasteiger partial charge in [0.2, 0.25) is 10.0 Å². The molecule has 1 amide bonds. The van der Waals surface area contributed by atoms with E-state index in [0.29, 0.717) is 25.0 Å². The van der Waals surface area contributed by atoms with E-state index in [1.165, 1.54) is 7.05 Å². The zero-order chi connectivity index (χ0) is 22.5. The maximum Gasteiger partial charge on any atom is 0.255 e. The normalized spacial score (nSPS) is 14.6. The zero-order valence-electron chi connectivity index (χ0n) is 16.1. The molecule has 0 unspecified atom stereocenters. The Morgan fingerprint density at radius 1 is 0.933 bits per heavy atom. The van der Waals surface area contributed by atoms with E-state index < -0.39 is 44.1 Å². The molecular formula is C19H21F4N3O3S. The van der Waals surface area contributed by atoms with Gasteiger partial charge >= 0.3 is 0 Å². The monoisotopic (exact) mass is 447 g/mol. The van der Waals surface area contributed by atoms with E-state index in [1.54, 1.807) is 0 Å². The summed E-state index contributed by atoms with van der Waals surface area (Å²) >= 11 is 0. The molecule has 0 atom stereocenters. The van der Waals surface area contributed by atoms with Crippen LogP contribution < -0.4 is 11.1 Å². The summed E-state index contributed by atoms with van der Waals surface area (Å²) in [7, 11) is -2.63. The average Bonchev–Trinajstić information content (AvgIpc) is 2.74. The largest absolute Gasteiger partial charge is 0.333 e. The highest BCUT2D eigenvalue weighted by Gasteiger charge is 2.29. The Bertz CT molecular complexity index is 1000. The fourth-order valence-electron chi connectivity index (χ4n) is 2.92. The van der Waals surface area contributed by atoms with Crippen molar-refractivity contribution in [3.63, 3.8) is 0 Å². The SMILES string of the molecule is CN.O=C(Nc1cc(F)c(F)c(F)c1)c1ccc(F)c(S(=O)(=O)N2CCCCC2)c1. The first-order chi connectivity index (χ1) is 14.2. The summed E-state index contributed by atoms with van der Waals surface area (Å²) in [6.07, 6.45) is 2.19. The van der Waals surface area contributed by atoms with Crippen molar-refractivity contribution in [3.8, 4) is 0 Å². The smallest absolute Gasteiger partial charge is 0.255 e. The molecule has 164 valence electrons. The molecule has 3 N–H and O–H groups in total. The van der Waals surface area contributed by atoms with Crippen molar-refractivity contribution < 1.29 is 30.8 Å². The number of nitrogens with two attached hydrogens (primary N) is 1. The number of sulfonamides is 1. The number of nitrogens with zero attached hydrogens (tertiary/aromatic N) is 1. The van der Waals surface area contributed by atoms with E-state index in [1.807, 2.05) is 0 Å². The van der Waals surface area contributed by atoms with Crippen molar-refractivity contribution in [2.24, 2.45) is 5.73 Å². The Hall–Kier alpha value is -2.50. The lowest BCUT2D eigenvalue weighted by atomic mass is 10.2. The molecule has 0 radical (unpaired) electrons. The van der Waals surface area contributed by atoms with Crippen molar-refractivity contribution in [2.45, 2.75) is 24.2 Å². The Morgan fingerprint density at radius 2 is 1.50 bits per heavy atom. The molecule has 0 bridgehead atoms. The third-order valence-corrected chi connectivity index (χ3v) is 6.28. The fourth-order valence-corrected chi connectivity index (χ4v) is 4.53. The molecule has 3 rings (SSSR count). The first-order valence-electron chi connectivity index (χ1n) is 9.03. The van der Waals surface area contributed by atoms with Crippen LogP contribution in [0.5, 0.6) is 0 Å². The quantitative estimate of drug-likeness (QED) is 0.556. The van der Waals surface area contributed by atoms with Gasteiger partial charge in [-0.3, -0.25) is 4.79 Å². The second-order valence-corrected chi connectivity index (χ2v) is 8.22. The summed E-state index contributed by atoms with van der Waals surface area (Å²) in [5.74, 6) is -6.62. The summed E-state index contributed by atoms with van der Waals surface area (Å²) in [6.45, 7) is 0.513. The van der Waals surface area contributed by atoms with E-state index in [0.717, 1.165) is 28.9 Å². The molecule has 6 nitrogen and oxygen atoms in total. The molecule has 0 saturated carbocycles. The van der Waals surface area contributed by atoms with Crippen molar-refractivity contribution in [3.05, 3.63) is 59.2 Å². The number of benzene rings is 2. The highest BCUT2D eigenvalue weighted by molar-refractivity contribution is 7.89. The maximum absolute atomic E-state index is 14.2. The van der Waals surface area contributed by atoms with Crippen LogP contribution in [0.4, 0.5) is 23.2 Å². The van der Waals surface area contributed by atoms with Crippen LogP contribution >= 0.6 is 0 Å². The number of piperidine rings is 1. The highest BCUT2D eigenvalue weighted by Crippen LogP contribution is 2.25. The summed E-state index contributed by atoms with van der Waals surface area (Å²) < 4.78 is 80.2. The maximum atomic E-state index is 14.2. The average molecular weight is 447 g/mol. The van der Waals surface area contributed by atoms with Gasteiger partial charge < -0.3 is 11.1 Å². The van der Waals surface area contributed by atoms with E-state index in [2.05, 4.69) is 11.1 Å². The number of hydrogen-bond acceptors (Lipinski definition) is 4. The van der Waals surface area contributed by atoms with Gasteiger partial charge in [0.05, 0.1) is 0 Å². The zero-order valence-corrected chi connectivity index (χ0v) is 16.9. The molecule has 0 aromatic heterocycles. The number of carbonyl (C=O) groups excluding carboxylic acids is 1. The topological polar surface area (TPSA) is 92.5 Å². The molecule has 11 heteroatoms. The first kappa shape index (κ1) is 23.8. The predicted octanol–water partition coefficient (Wildman–Crippen LogP) is 3.24. The van der Waals surface area contributed by atoms with E-state index in [-0.39, 0.29) is 24.3 Å². The van der Waals surface area contributed by atoms with Gasteiger partial charge in [-0.25, -0.2) is 26.0 Å². The Morgan fingerprint density at radius 3 is 2.07 bits per heavy atom. The van der Waals surface area contributed by atoms with Crippen molar-refractivity contribution in [2.75, 3.05) is 25.5 Å². The molecule has 30 heavy (non-hydrogen) atoms. The molecule has 1 aliphatic rings. The number of hydrogen-bond donors (Lipinski definition) is 2. The van der Waals surface area contributed by atoms with E-state index in [4.69, 9.17) is 0 Å². The van der Waals surface area contributed by atoms with Gasteiger partial charge in [-0.1, -0.05) is 6.42 Å². The first-order valence-corrected chi connectivity index (χ1v) is 10.5. The summed E-state index contributed by atoms with van der Waals surface area (Å²) in [4.78, 5) is 11.7. The van der Waals surface area contributed by atoms with Crippen LogP contribution in [0.2, 0.25) is 0 Å². The molecule has 0 aliphatic carbocycles. The van der Waals surface area contributed by atoms with Gasteiger partial charge in [0.25, 0.3) is 5.91 Å². The molecule has 2 aromatic carbocycles. The van der Waals surface area contributed by atoms with Crippen LogP contribution in [0.15, 0.2) is 35.2 Å². The lowest BCUT2D eigenvalue weighted by Crippen LogP contribution is -2.36. The molecule has 0 spiro atoms. The van der Waals surface area contributed by atoms with Gasteiger partial charge in [0.1, 0.15) is 10.7 Å². The Labute approximate surface area is 171 Å². The van der Waals surface area contributed by atoms with Crippen LogP contribution in [0, 0.1) is 23.3 Å². The highest BCUT2D eigenvalue weighted by atomic mass is 32.2. The molecular weight excluding hydrogens is 426 g/mol. The number of rotatable bonds is 4. The number of anilines is 1. The second-order valence-electron chi connectivity index (χ2n) is 6.32. The van der Waals surface area contributed by atoms with Crippen molar-refractivity contribution >= 4 is 21.6 Å². The van der Waals surface area contributed by atoms with Crippen molar-refractivity contribution in [1.29, 1.82) is 0 Å². The van der Waals surface area contributed by atoms with Gasteiger partial charge in [-0.15, -0.1) is 0 Å². The van der Waals surface area contributed by atoms with Crippen LogP contribution in [0.25, 0.3) is 0 Å². The van der Waals surface area contributed by atoms with Gasteiger partial charge in [-0.05, 0) is 38.1 Å². The number of halogens is 4. The summed E-state index contributed by atoms with van der Waals surface area (Å²) in [5, 5.41) is 2.13. The van der Waals surface area contributed by atoms with Crippen LogP contribution in [-0.2, 0) is 10.0 Å². The summed E-state index contributed by atoms with van der Waals surface area (Å²) in [6, 6.07) is 3.88.